The van der Waals surface area contributed by atoms with Crippen LogP contribution in [-0.2, 0) is 14.3 Å². The van der Waals surface area contributed by atoms with Crippen LogP contribution in [0.1, 0.15) is 19.4 Å². The van der Waals surface area contributed by atoms with Gasteiger partial charge in [0.25, 0.3) is 0 Å². The van der Waals surface area contributed by atoms with Crippen LogP contribution in [0.15, 0.2) is 18.2 Å². The minimum atomic E-state index is -0.405. The summed E-state index contributed by atoms with van der Waals surface area (Å²) in [7, 11) is 1.30. The van der Waals surface area contributed by atoms with Crippen molar-refractivity contribution < 1.29 is 18.7 Å². The highest BCUT2D eigenvalue weighted by Gasteiger charge is 2.18. The molecule has 0 aromatic heterocycles. The number of carbonyl (C=O) groups is 2. The van der Waals surface area contributed by atoms with Gasteiger partial charge in [0.2, 0.25) is 5.91 Å². The van der Waals surface area contributed by atoms with E-state index in [1.54, 1.807) is 24.0 Å². The van der Waals surface area contributed by atoms with Gasteiger partial charge in [-0.05, 0) is 38.5 Å². The summed E-state index contributed by atoms with van der Waals surface area (Å²) in [5.41, 5.74) is 0.910. The van der Waals surface area contributed by atoms with Crippen molar-refractivity contribution >= 4 is 17.6 Å². The van der Waals surface area contributed by atoms with Gasteiger partial charge in [-0.3, -0.25) is 14.5 Å². The number of benzene rings is 1. The van der Waals surface area contributed by atoms with Gasteiger partial charge in [0.15, 0.2) is 0 Å². The Hall–Kier alpha value is -1.95. The molecule has 0 radical (unpaired) electrons. The van der Waals surface area contributed by atoms with Gasteiger partial charge in [-0.25, -0.2) is 4.39 Å². The number of hydrogen-bond acceptors (Lipinski definition) is 4. The zero-order chi connectivity index (χ0) is 16.0. The largest absolute Gasteiger partial charge is 0.468 e. The Morgan fingerprint density at radius 3 is 2.52 bits per heavy atom. The Bertz CT molecular complexity index is 518. The van der Waals surface area contributed by atoms with Crippen LogP contribution in [0.5, 0.6) is 0 Å². The molecule has 0 aliphatic heterocycles. The SMILES string of the molecule is COC(=O)CN(CC(=O)Nc1ccc(C)c(F)c1)C(C)C. The summed E-state index contributed by atoms with van der Waals surface area (Å²) in [5.74, 6) is -1.09. The highest BCUT2D eigenvalue weighted by molar-refractivity contribution is 5.92. The first-order valence-electron chi connectivity index (χ1n) is 6.70. The van der Waals surface area contributed by atoms with E-state index < -0.39 is 5.97 Å². The van der Waals surface area contributed by atoms with E-state index in [4.69, 9.17) is 0 Å². The van der Waals surface area contributed by atoms with Crippen LogP contribution in [0.3, 0.4) is 0 Å². The highest BCUT2D eigenvalue weighted by atomic mass is 19.1. The molecule has 0 unspecified atom stereocenters. The molecule has 0 fully saturated rings. The van der Waals surface area contributed by atoms with Crippen LogP contribution >= 0.6 is 0 Å². The van der Waals surface area contributed by atoms with Crippen molar-refractivity contribution in [3.8, 4) is 0 Å². The number of ether oxygens (including phenoxy) is 1. The van der Waals surface area contributed by atoms with Crippen LogP contribution < -0.4 is 5.32 Å². The van der Waals surface area contributed by atoms with Crippen LogP contribution in [0.4, 0.5) is 10.1 Å². The van der Waals surface area contributed by atoms with E-state index in [-0.39, 0.29) is 30.9 Å². The second-order valence-electron chi connectivity index (χ2n) is 5.09. The zero-order valence-corrected chi connectivity index (χ0v) is 12.8. The molecule has 0 bridgehead atoms. The van der Waals surface area contributed by atoms with Gasteiger partial charge in [0, 0.05) is 11.7 Å². The summed E-state index contributed by atoms with van der Waals surface area (Å²) < 4.78 is 18.0. The lowest BCUT2D eigenvalue weighted by molar-refractivity contribution is -0.142. The molecule has 116 valence electrons. The molecule has 0 saturated carbocycles. The van der Waals surface area contributed by atoms with Gasteiger partial charge in [0.05, 0.1) is 20.2 Å². The number of amides is 1. The molecule has 1 amide bonds. The summed E-state index contributed by atoms with van der Waals surface area (Å²) in [4.78, 5) is 24.9. The Morgan fingerprint density at radius 2 is 2.00 bits per heavy atom. The molecule has 6 heteroatoms. The number of hydrogen-bond donors (Lipinski definition) is 1. The van der Waals surface area contributed by atoms with E-state index in [0.717, 1.165) is 0 Å². The lowest BCUT2D eigenvalue weighted by Gasteiger charge is -2.24. The fourth-order valence-electron chi connectivity index (χ4n) is 1.71. The van der Waals surface area contributed by atoms with Crippen LogP contribution in [-0.4, -0.2) is 43.0 Å². The van der Waals surface area contributed by atoms with Gasteiger partial charge in [-0.2, -0.15) is 0 Å². The maximum atomic E-state index is 13.4. The molecule has 5 nitrogen and oxygen atoms in total. The summed E-state index contributed by atoms with van der Waals surface area (Å²) in [6.45, 7) is 5.47. The highest BCUT2D eigenvalue weighted by Crippen LogP contribution is 2.13. The second kappa shape index (κ2) is 7.73. The first-order chi connectivity index (χ1) is 9.83. The quantitative estimate of drug-likeness (QED) is 0.815. The number of carbonyl (C=O) groups excluding carboxylic acids is 2. The molecule has 0 saturated heterocycles. The van der Waals surface area contributed by atoms with Crippen molar-refractivity contribution in [2.24, 2.45) is 0 Å². The normalized spacial score (nSPS) is 10.8. The number of methoxy groups -OCH3 is 1. The summed E-state index contributed by atoms with van der Waals surface area (Å²) >= 11 is 0. The van der Waals surface area contributed by atoms with E-state index in [2.05, 4.69) is 10.1 Å². The van der Waals surface area contributed by atoms with Gasteiger partial charge in [-0.1, -0.05) is 6.07 Å². The van der Waals surface area contributed by atoms with Crippen molar-refractivity contribution in [3.05, 3.63) is 29.6 Å². The number of nitrogens with zero attached hydrogens (tertiary/aromatic N) is 1. The van der Waals surface area contributed by atoms with Crippen molar-refractivity contribution in [1.29, 1.82) is 0 Å². The van der Waals surface area contributed by atoms with Gasteiger partial charge >= 0.3 is 5.97 Å². The van der Waals surface area contributed by atoms with Crippen LogP contribution in [0, 0.1) is 12.7 Å². The van der Waals surface area contributed by atoms with Gasteiger partial charge in [0.1, 0.15) is 5.82 Å². The third kappa shape index (κ3) is 5.51. The molecule has 1 aromatic carbocycles. The maximum Gasteiger partial charge on any atom is 0.319 e. The smallest absolute Gasteiger partial charge is 0.319 e. The lowest BCUT2D eigenvalue weighted by Crippen LogP contribution is -2.41. The molecular formula is C15H21FN2O3. The molecule has 1 rings (SSSR count). The molecule has 0 atom stereocenters. The fraction of sp³-hybridized carbons (Fsp3) is 0.467. The predicted molar refractivity (Wildman–Crippen MR) is 78.5 cm³/mol. The van der Waals surface area contributed by atoms with E-state index in [1.807, 2.05) is 13.8 Å². The first-order valence-corrected chi connectivity index (χ1v) is 6.70. The van der Waals surface area contributed by atoms with E-state index in [9.17, 15) is 14.0 Å². The lowest BCUT2D eigenvalue weighted by atomic mass is 10.2. The second-order valence-corrected chi connectivity index (χ2v) is 5.09. The molecule has 21 heavy (non-hydrogen) atoms. The third-order valence-corrected chi connectivity index (χ3v) is 3.09. The summed E-state index contributed by atoms with van der Waals surface area (Å²) in [6, 6.07) is 4.51. The van der Waals surface area contributed by atoms with E-state index in [0.29, 0.717) is 11.3 Å². The standard InChI is InChI=1S/C15H21FN2O3/c1-10(2)18(9-15(20)21-4)8-14(19)17-12-6-5-11(3)13(16)7-12/h5-7,10H,8-9H2,1-4H3,(H,17,19). The monoisotopic (exact) mass is 296 g/mol. The molecular weight excluding hydrogens is 275 g/mol. The van der Waals surface area contributed by atoms with Gasteiger partial charge < -0.3 is 10.1 Å². The minimum Gasteiger partial charge on any atom is -0.468 e. The Morgan fingerprint density at radius 1 is 1.33 bits per heavy atom. The molecule has 0 heterocycles. The average Bonchev–Trinajstić information content (AvgIpc) is 2.41. The predicted octanol–water partition coefficient (Wildman–Crippen LogP) is 1.96. The molecule has 0 aliphatic rings. The molecule has 1 aromatic rings. The average molecular weight is 296 g/mol. The van der Waals surface area contributed by atoms with E-state index >= 15 is 0 Å². The first kappa shape index (κ1) is 17.1. The Balaban J connectivity index is 2.65. The number of halogens is 1. The zero-order valence-electron chi connectivity index (χ0n) is 12.8. The third-order valence-electron chi connectivity index (χ3n) is 3.09. The maximum absolute atomic E-state index is 13.4. The number of aryl methyl sites for hydroxylation is 1. The Labute approximate surface area is 124 Å². The molecule has 1 N–H and O–H groups in total. The van der Waals surface area contributed by atoms with Crippen molar-refractivity contribution in [1.82, 2.24) is 4.90 Å². The summed E-state index contributed by atoms with van der Waals surface area (Å²) in [6.07, 6.45) is 0. The fourth-order valence-corrected chi connectivity index (χ4v) is 1.71. The Kier molecular flexibility index (Phi) is 6.30. The number of anilines is 1. The number of rotatable bonds is 6. The summed E-state index contributed by atoms with van der Waals surface area (Å²) in [5, 5.41) is 2.61. The molecule has 0 aliphatic carbocycles. The van der Waals surface area contributed by atoms with Crippen molar-refractivity contribution in [2.45, 2.75) is 26.8 Å². The van der Waals surface area contributed by atoms with Gasteiger partial charge in [-0.15, -0.1) is 0 Å². The van der Waals surface area contributed by atoms with Crippen LogP contribution in [0.25, 0.3) is 0 Å². The van der Waals surface area contributed by atoms with Crippen molar-refractivity contribution in [2.75, 3.05) is 25.5 Å². The number of nitrogens with one attached hydrogen (secondary N) is 1. The van der Waals surface area contributed by atoms with E-state index in [1.165, 1.54) is 13.2 Å². The van der Waals surface area contributed by atoms with Crippen molar-refractivity contribution in [3.63, 3.8) is 0 Å². The van der Waals surface area contributed by atoms with Crippen LogP contribution in [0.2, 0.25) is 0 Å². The minimum absolute atomic E-state index is 0.00426. The molecule has 0 spiro atoms. The topological polar surface area (TPSA) is 58.6 Å². The number of esters is 1.